The highest BCUT2D eigenvalue weighted by molar-refractivity contribution is 8.13. The fraction of sp³-hybridized carbons (Fsp3) is 0.500. The monoisotopic (exact) mass is 371 g/mol. The van der Waals surface area contributed by atoms with Crippen LogP contribution in [0.1, 0.15) is 31.2 Å². The molecule has 0 unspecified atom stereocenters. The Morgan fingerprint density at radius 1 is 1.14 bits per heavy atom. The molecule has 118 valence electrons. The van der Waals surface area contributed by atoms with E-state index in [0.717, 1.165) is 18.9 Å². The van der Waals surface area contributed by atoms with E-state index in [4.69, 9.17) is 22.3 Å². The van der Waals surface area contributed by atoms with E-state index in [-0.39, 0.29) is 15.6 Å². The Morgan fingerprint density at radius 3 is 2.19 bits per heavy atom. The van der Waals surface area contributed by atoms with Crippen LogP contribution < -0.4 is 4.72 Å². The maximum absolute atomic E-state index is 12.3. The Bertz CT molecular complexity index is 730. The Hall–Kier alpha value is -0.500. The molecule has 0 aliphatic heterocycles. The van der Waals surface area contributed by atoms with Crippen LogP contribution in [0, 0.1) is 6.92 Å². The lowest BCUT2D eigenvalue weighted by atomic mass is 10.2. The Balaban J connectivity index is 2.37. The first kappa shape index (κ1) is 16.9. The molecule has 1 aromatic carbocycles. The summed E-state index contributed by atoms with van der Waals surface area (Å²) in [5.74, 6) is 0. The van der Waals surface area contributed by atoms with Crippen molar-refractivity contribution in [3.8, 4) is 0 Å². The summed E-state index contributed by atoms with van der Waals surface area (Å²) in [4.78, 5) is -0.157. The minimum Gasteiger partial charge on any atom is -0.282 e. The highest BCUT2D eigenvalue weighted by Gasteiger charge is 2.29. The van der Waals surface area contributed by atoms with Crippen LogP contribution in [0.3, 0.4) is 0 Å². The summed E-state index contributed by atoms with van der Waals surface area (Å²) >= 11 is 6.00. The highest BCUT2D eigenvalue weighted by Crippen LogP contribution is 2.33. The zero-order valence-corrected chi connectivity index (χ0v) is 14.4. The molecule has 0 aromatic heterocycles. The van der Waals surface area contributed by atoms with E-state index >= 15 is 0 Å². The molecular formula is C12H15Cl2NO4S2. The maximum atomic E-state index is 12.3. The molecule has 1 fully saturated rings. The molecule has 21 heavy (non-hydrogen) atoms. The summed E-state index contributed by atoms with van der Waals surface area (Å²) in [5, 5.41) is -0.416. The molecule has 2 rings (SSSR count). The smallest absolute Gasteiger partial charge is 0.261 e. The highest BCUT2D eigenvalue weighted by atomic mass is 35.7. The molecule has 1 aliphatic carbocycles. The van der Waals surface area contributed by atoms with Gasteiger partial charge in [-0.15, -0.1) is 0 Å². The lowest BCUT2D eigenvalue weighted by Gasteiger charge is -2.16. The molecule has 0 spiro atoms. The summed E-state index contributed by atoms with van der Waals surface area (Å²) in [6.07, 6.45) is 3.03. The maximum Gasteiger partial charge on any atom is 0.261 e. The SMILES string of the molecule is Cc1cc(S(=O)(=O)Cl)cc(Cl)c1NS(=O)(=O)C1CCCC1. The van der Waals surface area contributed by atoms with E-state index in [1.807, 2.05) is 0 Å². The van der Waals surface area contributed by atoms with E-state index in [0.29, 0.717) is 18.4 Å². The van der Waals surface area contributed by atoms with Crippen molar-refractivity contribution in [2.45, 2.75) is 42.8 Å². The predicted molar refractivity (Wildman–Crippen MR) is 84.0 cm³/mol. The van der Waals surface area contributed by atoms with Crippen molar-refractivity contribution in [2.24, 2.45) is 0 Å². The van der Waals surface area contributed by atoms with Crippen molar-refractivity contribution in [1.29, 1.82) is 0 Å². The first-order chi connectivity index (χ1) is 9.61. The van der Waals surface area contributed by atoms with Gasteiger partial charge in [0, 0.05) is 10.7 Å². The molecule has 0 atom stereocenters. The number of benzene rings is 1. The second kappa shape index (κ2) is 5.95. The van der Waals surface area contributed by atoms with Crippen LogP contribution in [0.5, 0.6) is 0 Å². The van der Waals surface area contributed by atoms with Crippen LogP contribution >= 0.6 is 22.3 Å². The number of rotatable bonds is 4. The summed E-state index contributed by atoms with van der Waals surface area (Å²) in [5.41, 5.74) is 0.607. The van der Waals surface area contributed by atoms with Crippen molar-refractivity contribution < 1.29 is 16.8 Å². The first-order valence-corrected chi connectivity index (χ1v) is 10.6. The van der Waals surface area contributed by atoms with Gasteiger partial charge in [-0.3, -0.25) is 4.72 Å². The van der Waals surface area contributed by atoms with Crippen LogP contribution in [-0.4, -0.2) is 22.1 Å². The summed E-state index contributed by atoms with van der Waals surface area (Å²) < 4.78 is 49.6. The molecule has 9 heteroatoms. The topological polar surface area (TPSA) is 80.3 Å². The van der Waals surface area contributed by atoms with Crippen molar-refractivity contribution in [3.63, 3.8) is 0 Å². The predicted octanol–water partition coefficient (Wildman–Crippen LogP) is 3.26. The molecule has 0 heterocycles. The van der Waals surface area contributed by atoms with Gasteiger partial charge in [0.1, 0.15) is 0 Å². The van der Waals surface area contributed by atoms with Gasteiger partial charge < -0.3 is 0 Å². The van der Waals surface area contributed by atoms with Crippen LogP contribution in [0.4, 0.5) is 5.69 Å². The molecule has 1 aliphatic rings. The van der Waals surface area contributed by atoms with Gasteiger partial charge in [0.15, 0.2) is 0 Å². The van der Waals surface area contributed by atoms with Crippen LogP contribution in [0.2, 0.25) is 5.02 Å². The third kappa shape index (κ3) is 3.83. The van der Waals surface area contributed by atoms with Gasteiger partial charge in [0.25, 0.3) is 9.05 Å². The largest absolute Gasteiger partial charge is 0.282 e. The van der Waals surface area contributed by atoms with Crippen molar-refractivity contribution in [3.05, 3.63) is 22.7 Å². The zero-order valence-electron chi connectivity index (χ0n) is 11.3. The van der Waals surface area contributed by atoms with Gasteiger partial charge in [-0.1, -0.05) is 24.4 Å². The van der Waals surface area contributed by atoms with Gasteiger partial charge in [0.05, 0.1) is 20.9 Å². The molecule has 1 N–H and O–H groups in total. The van der Waals surface area contributed by atoms with Gasteiger partial charge in [0.2, 0.25) is 10.0 Å². The molecule has 5 nitrogen and oxygen atoms in total. The number of hydrogen-bond acceptors (Lipinski definition) is 4. The molecule has 1 saturated carbocycles. The third-order valence-electron chi connectivity index (χ3n) is 3.53. The van der Waals surface area contributed by atoms with Gasteiger partial charge >= 0.3 is 0 Å². The van der Waals surface area contributed by atoms with E-state index in [1.54, 1.807) is 6.92 Å². The fourth-order valence-corrected chi connectivity index (χ4v) is 5.36. The van der Waals surface area contributed by atoms with Crippen LogP contribution in [0.25, 0.3) is 0 Å². The van der Waals surface area contributed by atoms with Crippen molar-refractivity contribution in [1.82, 2.24) is 0 Å². The first-order valence-electron chi connectivity index (χ1n) is 6.38. The lowest BCUT2D eigenvalue weighted by Crippen LogP contribution is -2.25. The summed E-state index contributed by atoms with van der Waals surface area (Å²) in [7, 11) is -2.17. The van der Waals surface area contributed by atoms with Crippen LogP contribution in [-0.2, 0) is 19.1 Å². The number of aryl methyl sites for hydroxylation is 1. The summed E-state index contributed by atoms with van der Waals surface area (Å²) in [6, 6.07) is 2.43. The van der Waals surface area contributed by atoms with E-state index in [2.05, 4.69) is 4.72 Å². The van der Waals surface area contributed by atoms with Crippen molar-refractivity contribution >= 4 is 47.0 Å². The minimum atomic E-state index is -3.91. The van der Waals surface area contributed by atoms with Gasteiger partial charge in [-0.2, -0.15) is 0 Å². The van der Waals surface area contributed by atoms with Gasteiger partial charge in [-0.05, 0) is 37.5 Å². The summed E-state index contributed by atoms with van der Waals surface area (Å²) in [6.45, 7) is 1.57. The molecule has 0 radical (unpaired) electrons. The molecule has 0 bridgehead atoms. The quantitative estimate of drug-likeness (QED) is 0.823. The van der Waals surface area contributed by atoms with Crippen molar-refractivity contribution in [2.75, 3.05) is 4.72 Å². The second-order valence-corrected chi connectivity index (χ2v) is 10.0. The molecule has 0 amide bonds. The Kier molecular flexibility index (Phi) is 4.78. The number of hydrogen-bond donors (Lipinski definition) is 1. The Labute approximate surface area is 134 Å². The van der Waals surface area contributed by atoms with E-state index in [1.165, 1.54) is 6.07 Å². The number of nitrogens with one attached hydrogen (secondary N) is 1. The average molecular weight is 372 g/mol. The second-order valence-electron chi connectivity index (χ2n) is 5.09. The zero-order chi connectivity index (χ0) is 15.8. The van der Waals surface area contributed by atoms with E-state index < -0.39 is 24.3 Å². The standard InChI is InChI=1S/C12H15Cl2NO4S2/c1-8-6-10(20(14,16)17)7-11(13)12(8)15-21(18,19)9-4-2-3-5-9/h6-7,9,15H,2-5H2,1H3. The van der Waals surface area contributed by atoms with Gasteiger partial charge in [-0.25, -0.2) is 16.8 Å². The molecular weight excluding hydrogens is 357 g/mol. The fourth-order valence-electron chi connectivity index (χ4n) is 2.41. The molecule has 0 saturated heterocycles. The molecule has 1 aromatic rings. The normalized spacial score (nSPS) is 17.1. The minimum absolute atomic E-state index is 0.01000. The average Bonchev–Trinajstić information content (AvgIpc) is 2.86. The third-order valence-corrected chi connectivity index (χ3v) is 7.00. The number of halogens is 2. The van der Waals surface area contributed by atoms with E-state index in [9.17, 15) is 16.8 Å². The van der Waals surface area contributed by atoms with Crippen LogP contribution in [0.15, 0.2) is 17.0 Å². The Morgan fingerprint density at radius 2 is 1.71 bits per heavy atom. The lowest BCUT2D eigenvalue weighted by molar-refractivity contribution is 0.585. The number of anilines is 1. The number of sulfonamides is 1.